The fourth-order valence-corrected chi connectivity index (χ4v) is 2.58. The fraction of sp³-hybridized carbons (Fsp3) is 0.778. The Balaban J connectivity index is 3.99. The number of terminal acetylenes is 1. The van der Waals surface area contributed by atoms with Gasteiger partial charge in [0.05, 0.1) is 6.61 Å². The summed E-state index contributed by atoms with van der Waals surface area (Å²) in [4.78, 5) is 23.6. The molecule has 6 heteroatoms. The van der Waals surface area contributed by atoms with E-state index in [1.165, 1.54) is 32.1 Å². The highest BCUT2D eigenvalue weighted by Gasteiger charge is 2.22. The van der Waals surface area contributed by atoms with Crippen molar-refractivity contribution in [2.45, 2.75) is 64.3 Å². The summed E-state index contributed by atoms with van der Waals surface area (Å²) in [5, 5.41) is 2.52. The quantitative estimate of drug-likeness (QED) is 0.291. The number of thioether (sulfide) groups is 1. The minimum Gasteiger partial charge on any atom is -0.464 e. The Hall–Kier alpha value is -1.35. The lowest BCUT2D eigenvalue weighted by atomic mass is 10.1. The molecule has 138 valence electrons. The maximum absolute atomic E-state index is 12.1. The second-order valence-electron chi connectivity index (χ2n) is 5.55. The molecule has 0 spiro atoms. The summed E-state index contributed by atoms with van der Waals surface area (Å²) >= 11 is 1.60. The molecular weight excluding hydrogens is 326 g/mol. The van der Waals surface area contributed by atoms with Gasteiger partial charge in [0.15, 0.2) is 6.61 Å². The van der Waals surface area contributed by atoms with Gasteiger partial charge in [0.1, 0.15) is 6.04 Å². The van der Waals surface area contributed by atoms with Crippen LogP contribution in [0.15, 0.2) is 0 Å². The third kappa shape index (κ3) is 13.1. The zero-order chi connectivity index (χ0) is 18.0. The molecule has 0 saturated carbocycles. The highest BCUT2D eigenvalue weighted by atomic mass is 32.2. The maximum Gasteiger partial charge on any atom is 0.408 e. The molecule has 0 aliphatic heterocycles. The lowest BCUT2D eigenvalue weighted by Gasteiger charge is -2.16. The van der Waals surface area contributed by atoms with Crippen molar-refractivity contribution in [1.82, 2.24) is 5.32 Å². The number of hydrogen-bond acceptors (Lipinski definition) is 5. The normalized spacial score (nSPS) is 11.4. The van der Waals surface area contributed by atoms with Gasteiger partial charge in [-0.05, 0) is 24.9 Å². The van der Waals surface area contributed by atoms with Crippen LogP contribution in [0.2, 0.25) is 0 Å². The van der Waals surface area contributed by atoms with E-state index >= 15 is 0 Å². The van der Waals surface area contributed by atoms with Gasteiger partial charge >= 0.3 is 12.1 Å². The standard InChI is InChI=1S/C18H31NO4S/c1-4-6-7-8-9-10-11-14-22-17(20)16(12-15-24-3)19-18(21)23-13-5-2/h2,16H,4,6-15H2,1,3H3,(H,19,21). The van der Waals surface area contributed by atoms with Crippen LogP contribution >= 0.6 is 11.8 Å². The number of amides is 1. The van der Waals surface area contributed by atoms with Crippen LogP contribution in [0.1, 0.15) is 58.3 Å². The third-order valence-electron chi connectivity index (χ3n) is 3.47. The Labute approximate surface area is 150 Å². The number of rotatable bonds is 14. The van der Waals surface area contributed by atoms with Crippen molar-refractivity contribution in [3.05, 3.63) is 0 Å². The van der Waals surface area contributed by atoms with Gasteiger partial charge in [0.25, 0.3) is 0 Å². The molecule has 24 heavy (non-hydrogen) atoms. The summed E-state index contributed by atoms with van der Waals surface area (Å²) in [6.07, 6.45) is 14.9. The van der Waals surface area contributed by atoms with E-state index in [9.17, 15) is 9.59 Å². The van der Waals surface area contributed by atoms with E-state index in [1.54, 1.807) is 11.8 Å². The van der Waals surface area contributed by atoms with E-state index in [2.05, 4.69) is 18.2 Å². The minimum atomic E-state index is -0.688. The van der Waals surface area contributed by atoms with E-state index in [4.69, 9.17) is 15.9 Å². The van der Waals surface area contributed by atoms with Crippen molar-refractivity contribution in [1.29, 1.82) is 0 Å². The van der Waals surface area contributed by atoms with Crippen LogP contribution in [0, 0.1) is 12.3 Å². The second-order valence-corrected chi connectivity index (χ2v) is 6.53. The molecule has 0 fully saturated rings. The van der Waals surface area contributed by atoms with Gasteiger partial charge in [-0.15, -0.1) is 6.42 Å². The number of carbonyl (C=O) groups excluding carboxylic acids is 2. The number of esters is 1. The molecule has 0 aromatic heterocycles. The second kappa shape index (κ2) is 16.5. The number of nitrogens with one attached hydrogen (secondary N) is 1. The largest absolute Gasteiger partial charge is 0.464 e. The first kappa shape index (κ1) is 22.6. The Morgan fingerprint density at radius 2 is 1.79 bits per heavy atom. The van der Waals surface area contributed by atoms with Gasteiger partial charge in [-0.2, -0.15) is 11.8 Å². The molecule has 0 aromatic rings. The zero-order valence-electron chi connectivity index (χ0n) is 15.0. The zero-order valence-corrected chi connectivity index (χ0v) is 15.8. The number of hydrogen-bond donors (Lipinski definition) is 1. The summed E-state index contributed by atoms with van der Waals surface area (Å²) in [7, 11) is 0. The topological polar surface area (TPSA) is 64.6 Å². The SMILES string of the molecule is C#CCOC(=O)NC(CCSC)C(=O)OCCCCCCCCC. The molecule has 0 radical (unpaired) electrons. The van der Waals surface area contributed by atoms with Crippen molar-refractivity contribution >= 4 is 23.8 Å². The molecule has 0 heterocycles. The fourth-order valence-electron chi connectivity index (χ4n) is 2.11. The first-order valence-electron chi connectivity index (χ1n) is 8.68. The molecule has 1 atom stereocenters. The molecule has 0 aromatic carbocycles. The predicted molar refractivity (Wildman–Crippen MR) is 99.1 cm³/mol. The van der Waals surface area contributed by atoms with E-state index in [-0.39, 0.29) is 6.61 Å². The van der Waals surface area contributed by atoms with Crippen molar-refractivity contribution in [3.63, 3.8) is 0 Å². The van der Waals surface area contributed by atoms with Crippen molar-refractivity contribution in [2.24, 2.45) is 0 Å². The van der Waals surface area contributed by atoms with Gasteiger partial charge in [0, 0.05) is 0 Å². The summed E-state index contributed by atoms with van der Waals surface area (Å²) in [5.41, 5.74) is 0. The summed E-state index contributed by atoms with van der Waals surface area (Å²) in [6.45, 7) is 2.47. The van der Waals surface area contributed by atoms with Crippen LogP contribution in [-0.2, 0) is 14.3 Å². The van der Waals surface area contributed by atoms with Crippen LogP contribution in [-0.4, -0.2) is 43.3 Å². The highest BCUT2D eigenvalue weighted by molar-refractivity contribution is 7.98. The molecule has 1 unspecified atom stereocenters. The Morgan fingerprint density at radius 3 is 2.42 bits per heavy atom. The van der Waals surface area contributed by atoms with Crippen LogP contribution in [0.25, 0.3) is 0 Å². The van der Waals surface area contributed by atoms with Gasteiger partial charge in [-0.25, -0.2) is 9.59 Å². The summed E-state index contributed by atoms with van der Waals surface area (Å²) < 4.78 is 10.0. The minimum absolute atomic E-state index is 0.117. The molecule has 1 amide bonds. The van der Waals surface area contributed by atoms with E-state index in [0.717, 1.165) is 18.6 Å². The maximum atomic E-state index is 12.1. The van der Waals surface area contributed by atoms with Gasteiger partial charge in [0.2, 0.25) is 0 Å². The monoisotopic (exact) mass is 357 g/mol. The van der Waals surface area contributed by atoms with Gasteiger partial charge in [-0.3, -0.25) is 0 Å². The number of carbonyl (C=O) groups is 2. The molecule has 0 aliphatic rings. The van der Waals surface area contributed by atoms with Gasteiger partial charge < -0.3 is 14.8 Å². The number of unbranched alkanes of at least 4 members (excludes halogenated alkanes) is 6. The highest BCUT2D eigenvalue weighted by Crippen LogP contribution is 2.08. The van der Waals surface area contributed by atoms with Crippen LogP contribution in [0.4, 0.5) is 4.79 Å². The van der Waals surface area contributed by atoms with Crippen molar-refractivity contribution < 1.29 is 19.1 Å². The predicted octanol–water partition coefficient (Wildman–Crippen LogP) is 3.76. The molecule has 0 bridgehead atoms. The molecule has 5 nitrogen and oxygen atoms in total. The Bertz CT molecular complexity index is 382. The van der Waals surface area contributed by atoms with Gasteiger partial charge in [-0.1, -0.05) is 51.4 Å². The first-order valence-corrected chi connectivity index (χ1v) is 10.1. The van der Waals surface area contributed by atoms with E-state index in [0.29, 0.717) is 13.0 Å². The average Bonchev–Trinajstić information content (AvgIpc) is 2.58. The molecule has 0 aliphatic carbocycles. The number of alkyl carbamates (subject to hydrolysis) is 1. The Morgan fingerprint density at radius 1 is 1.12 bits per heavy atom. The van der Waals surface area contributed by atoms with Crippen LogP contribution in [0.5, 0.6) is 0 Å². The molecular formula is C18H31NO4S. The lowest BCUT2D eigenvalue weighted by molar-refractivity contribution is -0.146. The summed E-state index contributed by atoms with van der Waals surface area (Å²) in [5.74, 6) is 2.54. The van der Waals surface area contributed by atoms with E-state index < -0.39 is 18.1 Å². The summed E-state index contributed by atoms with van der Waals surface area (Å²) in [6, 6.07) is -0.688. The van der Waals surface area contributed by atoms with Crippen molar-refractivity contribution in [3.8, 4) is 12.3 Å². The molecule has 0 rings (SSSR count). The third-order valence-corrected chi connectivity index (χ3v) is 4.11. The smallest absolute Gasteiger partial charge is 0.408 e. The first-order chi connectivity index (χ1) is 11.7. The van der Waals surface area contributed by atoms with Crippen LogP contribution < -0.4 is 5.32 Å². The molecule has 0 saturated heterocycles. The number of ether oxygens (including phenoxy) is 2. The lowest BCUT2D eigenvalue weighted by Crippen LogP contribution is -2.42. The molecule has 1 N–H and O–H groups in total. The van der Waals surface area contributed by atoms with Crippen molar-refractivity contribution in [2.75, 3.05) is 25.2 Å². The van der Waals surface area contributed by atoms with E-state index in [1.807, 2.05) is 6.26 Å². The average molecular weight is 358 g/mol. The van der Waals surface area contributed by atoms with Crippen LogP contribution in [0.3, 0.4) is 0 Å². The Kier molecular flexibility index (Phi) is 15.6.